The summed E-state index contributed by atoms with van der Waals surface area (Å²) in [4.78, 5) is 0. The van der Waals surface area contributed by atoms with Crippen molar-refractivity contribution in [2.24, 2.45) is 0 Å². The van der Waals surface area contributed by atoms with E-state index >= 15 is 0 Å². The zero-order valence-corrected chi connectivity index (χ0v) is 10.6. The van der Waals surface area contributed by atoms with Gasteiger partial charge in [-0.3, -0.25) is 0 Å². The minimum absolute atomic E-state index is 0.231. The highest BCUT2D eigenvalue weighted by Crippen LogP contribution is 2.34. The van der Waals surface area contributed by atoms with Crippen LogP contribution in [0.1, 0.15) is 18.4 Å². The molecular formula is C13H12BrFO. The van der Waals surface area contributed by atoms with E-state index in [9.17, 15) is 4.39 Å². The molecule has 0 atom stereocenters. The highest BCUT2D eigenvalue weighted by molar-refractivity contribution is 9.10. The topological polar surface area (TPSA) is 9.23 Å². The third kappa shape index (κ3) is 2.05. The standard InChI is InChI=1S/C13H12BrFO/c1-16-12-8-3-2-5-9(12)13-10(14)6-4-7-11(13)15/h2,4-7H,3,8H2,1H3. The minimum atomic E-state index is -0.231. The van der Waals surface area contributed by atoms with Crippen LogP contribution < -0.4 is 0 Å². The van der Waals surface area contributed by atoms with Gasteiger partial charge in [0.1, 0.15) is 11.6 Å². The van der Waals surface area contributed by atoms with E-state index in [4.69, 9.17) is 4.74 Å². The van der Waals surface area contributed by atoms with Crippen molar-refractivity contribution in [2.45, 2.75) is 12.8 Å². The summed E-state index contributed by atoms with van der Waals surface area (Å²) in [6.45, 7) is 0. The van der Waals surface area contributed by atoms with Gasteiger partial charge in [0.2, 0.25) is 0 Å². The molecule has 0 amide bonds. The van der Waals surface area contributed by atoms with Crippen LogP contribution in [0, 0.1) is 5.82 Å². The zero-order valence-electron chi connectivity index (χ0n) is 8.97. The van der Waals surface area contributed by atoms with Gasteiger partial charge in [-0.2, -0.15) is 0 Å². The Morgan fingerprint density at radius 1 is 1.38 bits per heavy atom. The number of hydrogen-bond acceptors (Lipinski definition) is 1. The van der Waals surface area contributed by atoms with Gasteiger partial charge in [-0.25, -0.2) is 4.39 Å². The molecule has 3 heteroatoms. The van der Waals surface area contributed by atoms with Crippen molar-refractivity contribution in [2.75, 3.05) is 7.11 Å². The number of rotatable bonds is 2. The fraction of sp³-hybridized carbons (Fsp3) is 0.231. The first kappa shape index (κ1) is 11.4. The number of methoxy groups -OCH3 is 1. The Morgan fingerprint density at radius 2 is 2.19 bits per heavy atom. The highest BCUT2D eigenvalue weighted by atomic mass is 79.9. The second-order valence-electron chi connectivity index (χ2n) is 3.58. The van der Waals surface area contributed by atoms with Gasteiger partial charge >= 0.3 is 0 Å². The third-order valence-electron chi connectivity index (χ3n) is 2.60. The molecule has 0 saturated heterocycles. The number of ether oxygens (including phenoxy) is 1. The molecule has 16 heavy (non-hydrogen) atoms. The summed E-state index contributed by atoms with van der Waals surface area (Å²) < 4.78 is 19.9. The minimum Gasteiger partial charge on any atom is -0.500 e. The van der Waals surface area contributed by atoms with E-state index in [1.54, 1.807) is 13.2 Å². The van der Waals surface area contributed by atoms with Gasteiger partial charge in [0, 0.05) is 22.0 Å². The fourth-order valence-corrected chi connectivity index (χ4v) is 2.39. The first-order chi connectivity index (χ1) is 7.74. The molecule has 0 N–H and O–H groups in total. The Bertz CT molecular complexity index is 443. The molecule has 0 aromatic heterocycles. The molecule has 1 nitrogen and oxygen atoms in total. The van der Waals surface area contributed by atoms with Crippen molar-refractivity contribution in [1.82, 2.24) is 0 Å². The molecule has 0 heterocycles. The lowest BCUT2D eigenvalue weighted by Crippen LogP contribution is -2.00. The Kier molecular flexibility index (Phi) is 3.44. The number of halogens is 2. The molecule has 1 aromatic rings. The van der Waals surface area contributed by atoms with Crippen molar-refractivity contribution in [3.8, 4) is 0 Å². The number of benzene rings is 1. The summed E-state index contributed by atoms with van der Waals surface area (Å²) in [6, 6.07) is 4.98. The lowest BCUT2D eigenvalue weighted by molar-refractivity contribution is 0.279. The molecule has 1 aliphatic rings. The van der Waals surface area contributed by atoms with Gasteiger partial charge in [-0.15, -0.1) is 0 Å². The number of hydrogen-bond donors (Lipinski definition) is 0. The van der Waals surface area contributed by atoms with Crippen LogP contribution in [0.3, 0.4) is 0 Å². The van der Waals surface area contributed by atoms with E-state index < -0.39 is 0 Å². The van der Waals surface area contributed by atoms with Crippen LogP contribution in [0.5, 0.6) is 0 Å². The van der Waals surface area contributed by atoms with Gasteiger partial charge in [-0.1, -0.05) is 34.1 Å². The summed E-state index contributed by atoms with van der Waals surface area (Å²) in [7, 11) is 1.63. The zero-order chi connectivity index (χ0) is 11.5. The van der Waals surface area contributed by atoms with Crippen LogP contribution >= 0.6 is 15.9 Å². The second-order valence-corrected chi connectivity index (χ2v) is 4.43. The van der Waals surface area contributed by atoms with Gasteiger partial charge in [0.25, 0.3) is 0 Å². The van der Waals surface area contributed by atoms with E-state index in [1.165, 1.54) is 6.07 Å². The van der Waals surface area contributed by atoms with Gasteiger partial charge in [0.15, 0.2) is 0 Å². The number of allylic oxidation sites excluding steroid dienone is 4. The molecule has 0 spiro atoms. The van der Waals surface area contributed by atoms with Crippen LogP contribution in [0.4, 0.5) is 4.39 Å². The van der Waals surface area contributed by atoms with Crippen molar-refractivity contribution < 1.29 is 9.13 Å². The van der Waals surface area contributed by atoms with Crippen LogP contribution in [0.15, 0.2) is 40.6 Å². The van der Waals surface area contributed by atoms with Gasteiger partial charge < -0.3 is 4.74 Å². The second kappa shape index (κ2) is 4.83. The van der Waals surface area contributed by atoms with Gasteiger partial charge in [-0.05, 0) is 18.6 Å². The molecule has 1 aromatic carbocycles. The van der Waals surface area contributed by atoms with Crippen molar-refractivity contribution in [3.05, 3.63) is 52.0 Å². The summed E-state index contributed by atoms with van der Waals surface area (Å²) in [5.74, 6) is 0.610. The SMILES string of the molecule is COC1=C(c2c(F)cccc2Br)C=CCC1. The van der Waals surface area contributed by atoms with Crippen LogP contribution in [-0.2, 0) is 4.74 Å². The van der Waals surface area contributed by atoms with Crippen LogP contribution in [-0.4, -0.2) is 7.11 Å². The molecule has 0 aliphatic heterocycles. The van der Waals surface area contributed by atoms with E-state index in [-0.39, 0.29) is 5.82 Å². The van der Waals surface area contributed by atoms with Gasteiger partial charge in [0.05, 0.1) is 7.11 Å². The van der Waals surface area contributed by atoms with E-state index in [0.29, 0.717) is 5.56 Å². The quantitative estimate of drug-likeness (QED) is 0.786. The summed E-state index contributed by atoms with van der Waals surface area (Å²) >= 11 is 3.38. The average Bonchev–Trinajstić information content (AvgIpc) is 2.29. The molecule has 0 saturated carbocycles. The first-order valence-corrected chi connectivity index (χ1v) is 5.91. The van der Waals surface area contributed by atoms with Crippen LogP contribution in [0.2, 0.25) is 0 Å². The third-order valence-corrected chi connectivity index (χ3v) is 3.26. The normalized spacial score (nSPS) is 15.4. The molecular weight excluding hydrogens is 271 g/mol. The summed E-state index contributed by atoms with van der Waals surface area (Å²) in [6.07, 6.45) is 5.73. The van der Waals surface area contributed by atoms with Crippen LogP contribution in [0.25, 0.3) is 5.57 Å². The fourth-order valence-electron chi connectivity index (χ4n) is 1.83. The van der Waals surface area contributed by atoms with E-state index in [2.05, 4.69) is 15.9 Å². The molecule has 0 radical (unpaired) electrons. The predicted molar refractivity (Wildman–Crippen MR) is 66.4 cm³/mol. The molecule has 0 bridgehead atoms. The lowest BCUT2D eigenvalue weighted by Gasteiger charge is -2.16. The monoisotopic (exact) mass is 282 g/mol. The Hall–Kier alpha value is -1.09. The average molecular weight is 283 g/mol. The van der Waals surface area contributed by atoms with Crippen molar-refractivity contribution >= 4 is 21.5 Å². The molecule has 0 unspecified atom stereocenters. The van der Waals surface area contributed by atoms with E-state index in [0.717, 1.165) is 28.6 Å². The first-order valence-electron chi connectivity index (χ1n) is 5.12. The smallest absolute Gasteiger partial charge is 0.132 e. The predicted octanol–water partition coefficient (Wildman–Crippen LogP) is 4.30. The molecule has 1 aliphatic carbocycles. The molecule has 2 rings (SSSR count). The van der Waals surface area contributed by atoms with Crippen molar-refractivity contribution in [1.29, 1.82) is 0 Å². The Balaban J connectivity index is 2.59. The Morgan fingerprint density at radius 3 is 2.88 bits per heavy atom. The lowest BCUT2D eigenvalue weighted by atomic mass is 9.97. The molecule has 0 fully saturated rings. The largest absolute Gasteiger partial charge is 0.500 e. The maximum Gasteiger partial charge on any atom is 0.132 e. The maximum absolute atomic E-state index is 13.8. The Labute approximate surface area is 103 Å². The van der Waals surface area contributed by atoms with E-state index in [1.807, 2.05) is 18.2 Å². The summed E-state index contributed by atoms with van der Waals surface area (Å²) in [5, 5.41) is 0. The van der Waals surface area contributed by atoms with Crippen molar-refractivity contribution in [3.63, 3.8) is 0 Å². The summed E-state index contributed by atoms with van der Waals surface area (Å²) in [5.41, 5.74) is 1.41. The maximum atomic E-state index is 13.8. The molecule has 84 valence electrons. The highest BCUT2D eigenvalue weighted by Gasteiger charge is 2.16.